The van der Waals surface area contributed by atoms with Crippen molar-refractivity contribution in [3.05, 3.63) is 18.0 Å². The molecule has 0 atom stereocenters. The van der Waals surface area contributed by atoms with Gasteiger partial charge >= 0.3 is 6.01 Å². The van der Waals surface area contributed by atoms with Gasteiger partial charge in [0, 0.05) is 18.0 Å². The van der Waals surface area contributed by atoms with Crippen molar-refractivity contribution >= 4 is 0 Å². The van der Waals surface area contributed by atoms with Crippen molar-refractivity contribution in [3.63, 3.8) is 0 Å². The Labute approximate surface area is 75.3 Å². The van der Waals surface area contributed by atoms with Crippen LogP contribution in [0.4, 0.5) is 0 Å². The van der Waals surface area contributed by atoms with Gasteiger partial charge in [-0.2, -0.15) is 0 Å². The van der Waals surface area contributed by atoms with Crippen molar-refractivity contribution in [1.82, 2.24) is 9.97 Å². The average molecular weight is 182 g/mol. The summed E-state index contributed by atoms with van der Waals surface area (Å²) >= 11 is 0. The normalized spacial score (nSPS) is 16.7. The summed E-state index contributed by atoms with van der Waals surface area (Å²) < 4.78 is 10.3. The SMILES string of the molecule is OCc1cnc(OC2COC2)nc1. The summed E-state index contributed by atoms with van der Waals surface area (Å²) in [6, 6.07) is 0.338. The van der Waals surface area contributed by atoms with Gasteiger partial charge in [0.05, 0.1) is 19.8 Å². The van der Waals surface area contributed by atoms with Gasteiger partial charge in [0.2, 0.25) is 0 Å². The maximum absolute atomic E-state index is 8.73. The molecule has 5 nitrogen and oxygen atoms in total. The second-order valence-electron chi connectivity index (χ2n) is 2.81. The Balaban J connectivity index is 1.96. The topological polar surface area (TPSA) is 64.5 Å². The Morgan fingerprint density at radius 2 is 2.15 bits per heavy atom. The smallest absolute Gasteiger partial charge is 0.316 e. The van der Waals surface area contributed by atoms with Crippen LogP contribution < -0.4 is 4.74 Å². The molecular formula is C8H10N2O3. The van der Waals surface area contributed by atoms with E-state index in [1.54, 1.807) is 12.4 Å². The van der Waals surface area contributed by atoms with E-state index in [1.807, 2.05) is 0 Å². The van der Waals surface area contributed by atoms with Crippen LogP contribution >= 0.6 is 0 Å². The maximum Gasteiger partial charge on any atom is 0.316 e. The summed E-state index contributed by atoms with van der Waals surface area (Å²) in [7, 11) is 0. The number of rotatable bonds is 3. The molecular weight excluding hydrogens is 172 g/mol. The van der Waals surface area contributed by atoms with Gasteiger partial charge in [-0.15, -0.1) is 0 Å². The quantitative estimate of drug-likeness (QED) is 0.698. The summed E-state index contributed by atoms with van der Waals surface area (Å²) in [4.78, 5) is 7.84. The summed E-state index contributed by atoms with van der Waals surface area (Å²) in [5.74, 6) is 0. The third kappa shape index (κ3) is 1.93. The standard InChI is InChI=1S/C8H10N2O3/c11-3-6-1-9-8(10-2-6)13-7-4-12-5-7/h1-2,7,11H,3-5H2. The number of ether oxygens (including phenoxy) is 2. The lowest BCUT2D eigenvalue weighted by Gasteiger charge is -2.25. The molecule has 0 bridgehead atoms. The minimum Gasteiger partial charge on any atom is -0.455 e. The molecule has 70 valence electrons. The van der Waals surface area contributed by atoms with Crippen LogP contribution in [0.2, 0.25) is 0 Å². The van der Waals surface area contributed by atoms with E-state index in [0.717, 1.165) is 0 Å². The lowest BCUT2D eigenvalue weighted by atomic mass is 10.3. The highest BCUT2D eigenvalue weighted by Crippen LogP contribution is 2.10. The second kappa shape index (κ2) is 3.68. The van der Waals surface area contributed by atoms with Crippen molar-refractivity contribution in [2.75, 3.05) is 13.2 Å². The number of aliphatic hydroxyl groups excluding tert-OH is 1. The van der Waals surface area contributed by atoms with Crippen LogP contribution in [0.25, 0.3) is 0 Å². The van der Waals surface area contributed by atoms with E-state index in [-0.39, 0.29) is 12.7 Å². The van der Waals surface area contributed by atoms with E-state index >= 15 is 0 Å². The van der Waals surface area contributed by atoms with Gasteiger partial charge in [-0.3, -0.25) is 0 Å². The van der Waals surface area contributed by atoms with Crippen LogP contribution in [0.5, 0.6) is 6.01 Å². The van der Waals surface area contributed by atoms with Gasteiger partial charge in [0.25, 0.3) is 0 Å². The van der Waals surface area contributed by atoms with E-state index in [2.05, 4.69) is 9.97 Å². The van der Waals surface area contributed by atoms with E-state index in [4.69, 9.17) is 14.6 Å². The van der Waals surface area contributed by atoms with E-state index < -0.39 is 0 Å². The number of aromatic nitrogens is 2. The number of hydrogen-bond donors (Lipinski definition) is 1. The van der Waals surface area contributed by atoms with Crippen LogP contribution in [-0.2, 0) is 11.3 Å². The fourth-order valence-corrected chi connectivity index (χ4v) is 0.917. The van der Waals surface area contributed by atoms with Gasteiger partial charge in [-0.1, -0.05) is 0 Å². The van der Waals surface area contributed by atoms with Gasteiger partial charge in [0.15, 0.2) is 0 Å². The van der Waals surface area contributed by atoms with E-state index in [9.17, 15) is 0 Å². The first kappa shape index (κ1) is 8.40. The molecule has 1 aliphatic rings. The highest BCUT2D eigenvalue weighted by molar-refractivity contribution is 5.06. The Hall–Kier alpha value is -1.20. The molecule has 13 heavy (non-hydrogen) atoms. The van der Waals surface area contributed by atoms with Crippen LogP contribution in [0.15, 0.2) is 12.4 Å². The molecule has 0 aromatic carbocycles. The zero-order valence-corrected chi connectivity index (χ0v) is 7.01. The van der Waals surface area contributed by atoms with E-state index in [1.165, 1.54) is 0 Å². The van der Waals surface area contributed by atoms with Gasteiger partial charge in [0.1, 0.15) is 6.10 Å². The summed E-state index contributed by atoms with van der Waals surface area (Å²) in [5.41, 5.74) is 0.678. The molecule has 0 aliphatic carbocycles. The van der Waals surface area contributed by atoms with Crippen LogP contribution in [0.3, 0.4) is 0 Å². The van der Waals surface area contributed by atoms with Gasteiger partial charge in [-0.25, -0.2) is 9.97 Å². The van der Waals surface area contributed by atoms with Crippen LogP contribution in [-0.4, -0.2) is 34.4 Å². The fourth-order valence-electron chi connectivity index (χ4n) is 0.917. The predicted octanol–water partition coefficient (Wildman–Crippen LogP) is -0.254. The molecule has 1 aromatic heterocycles. The number of nitrogens with zero attached hydrogens (tertiary/aromatic N) is 2. The molecule has 2 rings (SSSR count). The first-order valence-corrected chi connectivity index (χ1v) is 4.04. The Morgan fingerprint density at radius 3 is 2.62 bits per heavy atom. The molecule has 0 unspecified atom stereocenters. The molecule has 5 heteroatoms. The third-order valence-electron chi connectivity index (χ3n) is 1.74. The molecule has 1 N–H and O–H groups in total. The third-order valence-corrected chi connectivity index (χ3v) is 1.74. The summed E-state index contributed by atoms with van der Waals surface area (Å²) in [6.07, 6.45) is 3.17. The predicted molar refractivity (Wildman–Crippen MR) is 43.2 cm³/mol. The molecule has 1 saturated heterocycles. The zero-order chi connectivity index (χ0) is 9.10. The Morgan fingerprint density at radius 1 is 1.46 bits per heavy atom. The average Bonchev–Trinajstić information content (AvgIpc) is 2.12. The van der Waals surface area contributed by atoms with Crippen molar-refractivity contribution in [2.45, 2.75) is 12.7 Å². The first-order valence-electron chi connectivity index (χ1n) is 4.04. The van der Waals surface area contributed by atoms with E-state index in [0.29, 0.717) is 24.8 Å². The minimum atomic E-state index is -0.0488. The molecule has 1 aliphatic heterocycles. The number of aliphatic hydroxyl groups is 1. The van der Waals surface area contributed by atoms with Gasteiger partial charge < -0.3 is 14.6 Å². The van der Waals surface area contributed by atoms with Gasteiger partial charge in [-0.05, 0) is 0 Å². The van der Waals surface area contributed by atoms with Crippen LogP contribution in [0.1, 0.15) is 5.56 Å². The largest absolute Gasteiger partial charge is 0.455 e. The maximum atomic E-state index is 8.73. The zero-order valence-electron chi connectivity index (χ0n) is 7.01. The highest BCUT2D eigenvalue weighted by atomic mass is 16.6. The Bertz CT molecular complexity index is 271. The fraction of sp³-hybridized carbons (Fsp3) is 0.500. The highest BCUT2D eigenvalue weighted by Gasteiger charge is 2.20. The molecule has 2 heterocycles. The number of hydrogen-bond acceptors (Lipinski definition) is 5. The van der Waals surface area contributed by atoms with Crippen LogP contribution in [0, 0.1) is 0 Å². The molecule has 1 aromatic rings. The molecule has 0 spiro atoms. The van der Waals surface area contributed by atoms with Crippen molar-refractivity contribution in [1.29, 1.82) is 0 Å². The lowest BCUT2D eigenvalue weighted by molar-refractivity contribution is -0.0831. The molecule has 1 fully saturated rings. The summed E-state index contributed by atoms with van der Waals surface area (Å²) in [6.45, 7) is 1.16. The summed E-state index contributed by atoms with van der Waals surface area (Å²) in [5, 5.41) is 8.73. The molecule has 0 radical (unpaired) electrons. The van der Waals surface area contributed by atoms with Crippen molar-refractivity contribution < 1.29 is 14.6 Å². The minimum absolute atomic E-state index is 0.0488. The second-order valence-corrected chi connectivity index (χ2v) is 2.81. The monoisotopic (exact) mass is 182 g/mol. The lowest BCUT2D eigenvalue weighted by Crippen LogP contribution is -2.39. The van der Waals surface area contributed by atoms with Crippen molar-refractivity contribution in [2.24, 2.45) is 0 Å². The first-order chi connectivity index (χ1) is 6.38. The molecule has 0 saturated carbocycles. The molecule has 0 amide bonds. The Kier molecular flexibility index (Phi) is 2.37. The van der Waals surface area contributed by atoms with Crippen molar-refractivity contribution in [3.8, 4) is 6.01 Å².